The predicted molar refractivity (Wildman–Crippen MR) is 79.5 cm³/mol. The molecule has 1 aliphatic rings. The highest BCUT2D eigenvalue weighted by atomic mass is 16.1. The summed E-state index contributed by atoms with van der Waals surface area (Å²) in [6.45, 7) is 0. The number of benzene rings is 1. The molecule has 0 spiro atoms. The lowest BCUT2D eigenvalue weighted by molar-refractivity contribution is -0.123. The summed E-state index contributed by atoms with van der Waals surface area (Å²) in [5, 5.41) is 0. The predicted octanol–water partition coefficient (Wildman–Crippen LogP) is 3.71. The van der Waals surface area contributed by atoms with Crippen LogP contribution in [0.2, 0.25) is 0 Å². The van der Waals surface area contributed by atoms with Crippen molar-refractivity contribution in [1.82, 2.24) is 4.98 Å². The van der Waals surface area contributed by atoms with Gasteiger partial charge in [0.15, 0.2) is 0 Å². The molecule has 1 saturated carbocycles. The number of hydrogen-bond acceptors (Lipinski definition) is 2. The number of Topliss-reactive ketones (excluding diaryl/α,β-unsaturated/α-hetero) is 1. The van der Waals surface area contributed by atoms with Crippen LogP contribution in [0.1, 0.15) is 36.8 Å². The molecule has 0 unspecified atom stereocenters. The summed E-state index contributed by atoms with van der Waals surface area (Å²) < 4.78 is 0. The van der Waals surface area contributed by atoms with E-state index in [4.69, 9.17) is 0 Å². The van der Waals surface area contributed by atoms with Crippen LogP contribution >= 0.6 is 0 Å². The highest BCUT2D eigenvalue weighted by molar-refractivity contribution is 5.92. The van der Waals surface area contributed by atoms with Gasteiger partial charge in [0.25, 0.3) is 0 Å². The zero-order valence-electron chi connectivity index (χ0n) is 11.6. The summed E-state index contributed by atoms with van der Waals surface area (Å²) in [4.78, 5) is 17.0. The van der Waals surface area contributed by atoms with Crippen LogP contribution in [0.4, 0.5) is 0 Å². The molecule has 0 N–H and O–H groups in total. The quantitative estimate of drug-likeness (QED) is 0.843. The highest BCUT2D eigenvalue weighted by Crippen LogP contribution is 2.42. The molecule has 0 aliphatic heterocycles. The topological polar surface area (TPSA) is 30.0 Å². The number of rotatable bonds is 4. The van der Waals surface area contributed by atoms with E-state index < -0.39 is 0 Å². The van der Waals surface area contributed by atoms with E-state index in [1.165, 1.54) is 5.56 Å². The highest BCUT2D eigenvalue weighted by Gasteiger charge is 2.41. The Balaban J connectivity index is 1.89. The maximum atomic E-state index is 12.9. The zero-order valence-corrected chi connectivity index (χ0v) is 11.6. The number of nitrogens with zero attached hydrogens (tertiary/aromatic N) is 1. The van der Waals surface area contributed by atoms with Crippen molar-refractivity contribution in [3.8, 4) is 0 Å². The van der Waals surface area contributed by atoms with Gasteiger partial charge in [-0.1, -0.05) is 49.2 Å². The average molecular weight is 265 g/mol. The molecule has 0 atom stereocenters. The first-order valence-corrected chi connectivity index (χ1v) is 7.29. The normalized spacial score (nSPS) is 17.0. The Hall–Kier alpha value is -1.96. The average Bonchev–Trinajstić information content (AvgIpc) is 3.00. The number of carbonyl (C=O) groups excluding carboxylic acids is 1. The van der Waals surface area contributed by atoms with Crippen molar-refractivity contribution in [3.05, 3.63) is 66.0 Å². The van der Waals surface area contributed by atoms with Crippen LogP contribution in [0.25, 0.3) is 0 Å². The third kappa shape index (κ3) is 2.38. The van der Waals surface area contributed by atoms with Gasteiger partial charge in [0.05, 0.1) is 5.41 Å². The van der Waals surface area contributed by atoms with Crippen LogP contribution in [0.15, 0.2) is 54.9 Å². The third-order valence-corrected chi connectivity index (χ3v) is 4.40. The molecule has 0 saturated heterocycles. The largest absolute Gasteiger partial charge is 0.298 e. The van der Waals surface area contributed by atoms with Gasteiger partial charge in [0.2, 0.25) is 0 Å². The van der Waals surface area contributed by atoms with Crippen molar-refractivity contribution in [2.45, 2.75) is 37.5 Å². The molecule has 0 radical (unpaired) electrons. The monoisotopic (exact) mass is 265 g/mol. The van der Waals surface area contributed by atoms with Crippen molar-refractivity contribution in [3.63, 3.8) is 0 Å². The molecule has 2 heteroatoms. The molecule has 1 aromatic heterocycles. The van der Waals surface area contributed by atoms with Crippen LogP contribution in [0, 0.1) is 0 Å². The fraction of sp³-hybridized carbons (Fsp3) is 0.333. The van der Waals surface area contributed by atoms with Crippen molar-refractivity contribution in [1.29, 1.82) is 0 Å². The number of carbonyl (C=O) groups is 1. The van der Waals surface area contributed by atoms with Gasteiger partial charge < -0.3 is 0 Å². The summed E-state index contributed by atoms with van der Waals surface area (Å²) in [5.74, 6) is 0.342. The SMILES string of the molecule is O=C(Cc1cccnc1)C1(c2ccccc2)CCCC1. The zero-order chi connectivity index (χ0) is 13.8. The molecule has 0 amide bonds. The third-order valence-electron chi connectivity index (χ3n) is 4.40. The van der Waals surface area contributed by atoms with E-state index in [-0.39, 0.29) is 5.41 Å². The Morgan fingerprint density at radius 3 is 2.45 bits per heavy atom. The van der Waals surface area contributed by atoms with E-state index in [2.05, 4.69) is 17.1 Å². The van der Waals surface area contributed by atoms with Crippen LogP contribution in [-0.4, -0.2) is 10.8 Å². The van der Waals surface area contributed by atoms with Crippen molar-refractivity contribution in [2.24, 2.45) is 0 Å². The molecule has 1 fully saturated rings. The Kier molecular flexibility index (Phi) is 3.64. The molecule has 20 heavy (non-hydrogen) atoms. The molecule has 3 rings (SSSR count). The first kappa shape index (κ1) is 13.0. The van der Waals surface area contributed by atoms with E-state index in [1.807, 2.05) is 30.3 Å². The van der Waals surface area contributed by atoms with E-state index in [9.17, 15) is 4.79 Å². The lowest BCUT2D eigenvalue weighted by atomic mass is 9.73. The van der Waals surface area contributed by atoms with Crippen molar-refractivity contribution >= 4 is 5.78 Å². The number of aromatic nitrogens is 1. The minimum Gasteiger partial charge on any atom is -0.298 e. The van der Waals surface area contributed by atoms with Gasteiger partial charge in [-0.15, -0.1) is 0 Å². The standard InChI is InChI=1S/C18H19NO/c20-17(13-15-7-6-12-19-14-15)18(10-4-5-11-18)16-8-2-1-3-9-16/h1-3,6-9,12,14H,4-5,10-11,13H2. The van der Waals surface area contributed by atoms with Gasteiger partial charge in [-0.2, -0.15) is 0 Å². The second kappa shape index (κ2) is 5.58. The summed E-state index contributed by atoms with van der Waals surface area (Å²) in [5.41, 5.74) is 1.93. The van der Waals surface area contributed by atoms with Gasteiger partial charge in [0.1, 0.15) is 5.78 Å². The van der Waals surface area contributed by atoms with E-state index in [0.717, 1.165) is 31.2 Å². The van der Waals surface area contributed by atoms with E-state index in [1.54, 1.807) is 12.4 Å². The molecule has 2 aromatic rings. The Morgan fingerprint density at radius 2 is 1.80 bits per heavy atom. The molecule has 1 aromatic carbocycles. The summed E-state index contributed by atoms with van der Waals surface area (Å²) in [7, 11) is 0. The molecule has 102 valence electrons. The van der Waals surface area contributed by atoms with Crippen LogP contribution < -0.4 is 0 Å². The van der Waals surface area contributed by atoms with Crippen molar-refractivity contribution < 1.29 is 4.79 Å². The lowest BCUT2D eigenvalue weighted by Gasteiger charge is -2.28. The van der Waals surface area contributed by atoms with Crippen LogP contribution in [0.3, 0.4) is 0 Å². The maximum absolute atomic E-state index is 12.9. The number of hydrogen-bond donors (Lipinski definition) is 0. The summed E-state index contributed by atoms with van der Waals surface area (Å²) >= 11 is 0. The Morgan fingerprint density at radius 1 is 1.05 bits per heavy atom. The molecule has 1 heterocycles. The van der Waals surface area contributed by atoms with Crippen molar-refractivity contribution in [2.75, 3.05) is 0 Å². The molecule has 0 bridgehead atoms. The minimum atomic E-state index is -0.267. The molecular weight excluding hydrogens is 246 g/mol. The fourth-order valence-electron chi connectivity index (χ4n) is 3.32. The second-order valence-electron chi connectivity index (χ2n) is 5.62. The molecule has 1 aliphatic carbocycles. The molecule has 2 nitrogen and oxygen atoms in total. The first-order chi connectivity index (χ1) is 9.81. The fourth-order valence-corrected chi connectivity index (χ4v) is 3.32. The van der Waals surface area contributed by atoms with Crippen LogP contribution in [0.5, 0.6) is 0 Å². The minimum absolute atomic E-state index is 0.267. The second-order valence-corrected chi connectivity index (χ2v) is 5.62. The van der Waals surface area contributed by atoms with E-state index in [0.29, 0.717) is 12.2 Å². The Labute approximate surface area is 119 Å². The number of ketones is 1. The Bertz CT molecular complexity index is 571. The van der Waals surface area contributed by atoms with Gasteiger partial charge in [0, 0.05) is 18.8 Å². The lowest BCUT2D eigenvalue weighted by Crippen LogP contribution is -2.34. The first-order valence-electron chi connectivity index (χ1n) is 7.29. The number of pyridine rings is 1. The van der Waals surface area contributed by atoms with Gasteiger partial charge in [-0.25, -0.2) is 0 Å². The summed E-state index contributed by atoms with van der Waals surface area (Å²) in [6, 6.07) is 14.2. The van der Waals surface area contributed by atoms with Crippen LogP contribution in [-0.2, 0) is 16.6 Å². The van der Waals surface area contributed by atoms with Gasteiger partial charge in [-0.3, -0.25) is 9.78 Å². The maximum Gasteiger partial charge on any atom is 0.147 e. The van der Waals surface area contributed by atoms with Gasteiger partial charge >= 0.3 is 0 Å². The molecular formula is C18H19NO. The van der Waals surface area contributed by atoms with E-state index >= 15 is 0 Å². The summed E-state index contributed by atoms with van der Waals surface area (Å²) in [6.07, 6.45) is 8.29. The van der Waals surface area contributed by atoms with Gasteiger partial charge in [-0.05, 0) is 30.0 Å². The smallest absolute Gasteiger partial charge is 0.147 e.